The number of amides is 1. The molecule has 1 saturated heterocycles. The van der Waals surface area contributed by atoms with E-state index >= 15 is 0 Å². The highest BCUT2D eigenvalue weighted by Crippen LogP contribution is 2.16. The molecule has 0 aliphatic carbocycles. The van der Waals surface area contributed by atoms with E-state index < -0.39 is 0 Å². The van der Waals surface area contributed by atoms with Crippen molar-refractivity contribution in [3.05, 3.63) is 35.3 Å². The number of piperazine rings is 1. The minimum atomic E-state index is 0.0985. The van der Waals surface area contributed by atoms with E-state index in [4.69, 9.17) is 0 Å². The van der Waals surface area contributed by atoms with Gasteiger partial charge in [-0.25, -0.2) is 4.98 Å². The zero-order valence-corrected chi connectivity index (χ0v) is 13.0. The Kier molecular flexibility index (Phi) is 3.68. The van der Waals surface area contributed by atoms with Gasteiger partial charge in [0.05, 0.1) is 5.69 Å². The molecule has 3 heterocycles. The lowest BCUT2D eigenvalue weighted by molar-refractivity contribution is 0.0636. The summed E-state index contributed by atoms with van der Waals surface area (Å²) in [7, 11) is 0. The largest absolute Gasteiger partial charge is 0.335 e. The van der Waals surface area contributed by atoms with Crippen LogP contribution in [0.1, 0.15) is 28.7 Å². The predicted molar refractivity (Wildman–Crippen MR) is 82.7 cm³/mol. The number of carbonyl (C=O) groups is 1. The van der Waals surface area contributed by atoms with E-state index in [1.54, 1.807) is 0 Å². The first-order valence-corrected chi connectivity index (χ1v) is 7.57. The van der Waals surface area contributed by atoms with E-state index in [2.05, 4.69) is 16.8 Å². The average Bonchev–Trinajstić information content (AvgIpc) is 2.82. The number of aromatic nitrogens is 2. The van der Waals surface area contributed by atoms with Crippen molar-refractivity contribution in [2.24, 2.45) is 0 Å². The molecule has 0 atom stereocenters. The molecular formula is C16H22N4O. The summed E-state index contributed by atoms with van der Waals surface area (Å²) in [5.41, 5.74) is 3.49. The normalized spacial score (nSPS) is 16.6. The smallest absolute Gasteiger partial charge is 0.272 e. The molecule has 5 heteroatoms. The third kappa shape index (κ3) is 2.53. The Morgan fingerprint density at radius 2 is 1.90 bits per heavy atom. The highest BCUT2D eigenvalue weighted by atomic mass is 16.2. The molecule has 0 bridgehead atoms. The number of rotatable bonds is 2. The molecule has 1 fully saturated rings. The van der Waals surface area contributed by atoms with Crippen molar-refractivity contribution in [2.45, 2.75) is 20.8 Å². The molecule has 112 valence electrons. The van der Waals surface area contributed by atoms with Crippen molar-refractivity contribution in [3.63, 3.8) is 0 Å². The van der Waals surface area contributed by atoms with Gasteiger partial charge in [-0.3, -0.25) is 9.20 Å². The number of hydrogen-bond donors (Lipinski definition) is 0. The molecule has 21 heavy (non-hydrogen) atoms. The zero-order chi connectivity index (χ0) is 15.0. The first kappa shape index (κ1) is 14.1. The Morgan fingerprint density at radius 3 is 2.57 bits per heavy atom. The van der Waals surface area contributed by atoms with Crippen molar-refractivity contribution in [3.8, 4) is 0 Å². The molecule has 5 nitrogen and oxygen atoms in total. The van der Waals surface area contributed by atoms with Crippen LogP contribution in [-0.4, -0.2) is 57.8 Å². The fraction of sp³-hybridized carbons (Fsp3) is 0.500. The van der Waals surface area contributed by atoms with Crippen LogP contribution in [0, 0.1) is 13.8 Å². The van der Waals surface area contributed by atoms with E-state index in [1.807, 2.05) is 41.5 Å². The topological polar surface area (TPSA) is 40.8 Å². The predicted octanol–water partition coefficient (Wildman–Crippen LogP) is 1.73. The summed E-state index contributed by atoms with van der Waals surface area (Å²) in [5.74, 6) is 0.0985. The van der Waals surface area contributed by atoms with Crippen LogP contribution in [0.2, 0.25) is 0 Å². The van der Waals surface area contributed by atoms with Gasteiger partial charge in [-0.1, -0.05) is 13.0 Å². The maximum Gasteiger partial charge on any atom is 0.272 e. The molecular weight excluding hydrogens is 264 g/mol. The third-order valence-corrected chi connectivity index (χ3v) is 4.25. The second kappa shape index (κ2) is 5.48. The Balaban J connectivity index is 1.91. The number of aryl methyl sites for hydroxylation is 2. The molecule has 0 spiro atoms. The number of pyridine rings is 1. The summed E-state index contributed by atoms with van der Waals surface area (Å²) >= 11 is 0. The molecule has 2 aromatic heterocycles. The number of hydrogen-bond acceptors (Lipinski definition) is 3. The van der Waals surface area contributed by atoms with Crippen LogP contribution in [0.3, 0.4) is 0 Å². The quantitative estimate of drug-likeness (QED) is 0.844. The molecule has 3 rings (SSSR count). The van der Waals surface area contributed by atoms with E-state index in [0.717, 1.165) is 49.6 Å². The molecule has 0 aromatic carbocycles. The lowest BCUT2D eigenvalue weighted by Crippen LogP contribution is -2.48. The van der Waals surface area contributed by atoms with Gasteiger partial charge < -0.3 is 9.80 Å². The highest BCUT2D eigenvalue weighted by molar-refractivity contribution is 5.94. The molecule has 1 aliphatic rings. The van der Waals surface area contributed by atoms with Gasteiger partial charge in [0.25, 0.3) is 5.91 Å². The minimum absolute atomic E-state index is 0.0985. The summed E-state index contributed by atoms with van der Waals surface area (Å²) in [6.07, 6.45) is 1.99. The Morgan fingerprint density at radius 1 is 1.19 bits per heavy atom. The molecule has 0 saturated carbocycles. The Bertz CT molecular complexity index is 668. The van der Waals surface area contributed by atoms with E-state index in [9.17, 15) is 4.79 Å². The Labute approximate surface area is 125 Å². The highest BCUT2D eigenvalue weighted by Gasteiger charge is 2.25. The molecule has 0 unspecified atom stereocenters. The van der Waals surface area contributed by atoms with Crippen molar-refractivity contribution < 1.29 is 4.79 Å². The van der Waals surface area contributed by atoms with E-state index in [0.29, 0.717) is 5.69 Å². The third-order valence-electron chi connectivity index (χ3n) is 4.25. The first-order chi connectivity index (χ1) is 10.1. The summed E-state index contributed by atoms with van der Waals surface area (Å²) in [5, 5.41) is 0. The standard InChI is InChI=1S/C16H22N4O/c1-4-18-7-9-19(10-8-18)16(21)15-13(3)17-14-6-5-12(2)11-20(14)15/h5-6,11H,4,7-10H2,1-3H3. The molecule has 1 aliphatic heterocycles. The maximum absolute atomic E-state index is 12.8. The van der Waals surface area contributed by atoms with Crippen LogP contribution in [0.4, 0.5) is 0 Å². The van der Waals surface area contributed by atoms with Gasteiger partial charge in [0, 0.05) is 32.4 Å². The average molecular weight is 286 g/mol. The van der Waals surface area contributed by atoms with Crippen LogP contribution >= 0.6 is 0 Å². The van der Waals surface area contributed by atoms with Gasteiger partial charge >= 0.3 is 0 Å². The van der Waals surface area contributed by atoms with Gasteiger partial charge in [0.15, 0.2) is 0 Å². The van der Waals surface area contributed by atoms with Crippen molar-refractivity contribution >= 4 is 11.6 Å². The molecule has 2 aromatic rings. The maximum atomic E-state index is 12.8. The fourth-order valence-corrected chi connectivity index (χ4v) is 2.94. The number of carbonyl (C=O) groups excluding carboxylic acids is 1. The number of imidazole rings is 1. The van der Waals surface area contributed by atoms with Gasteiger partial charge in [0.2, 0.25) is 0 Å². The summed E-state index contributed by atoms with van der Waals surface area (Å²) in [6, 6.07) is 3.99. The summed E-state index contributed by atoms with van der Waals surface area (Å²) in [6.45, 7) is 10.7. The van der Waals surface area contributed by atoms with Crippen LogP contribution < -0.4 is 0 Å². The van der Waals surface area contributed by atoms with Gasteiger partial charge in [-0.05, 0) is 32.0 Å². The van der Waals surface area contributed by atoms with Gasteiger partial charge in [0.1, 0.15) is 11.3 Å². The Hall–Kier alpha value is -1.88. The molecule has 0 radical (unpaired) electrons. The summed E-state index contributed by atoms with van der Waals surface area (Å²) in [4.78, 5) is 21.7. The summed E-state index contributed by atoms with van der Waals surface area (Å²) < 4.78 is 1.93. The van der Waals surface area contributed by atoms with E-state index in [-0.39, 0.29) is 5.91 Å². The SMILES string of the molecule is CCN1CCN(C(=O)c2c(C)nc3ccc(C)cn23)CC1. The second-order valence-corrected chi connectivity index (χ2v) is 5.71. The first-order valence-electron chi connectivity index (χ1n) is 7.57. The van der Waals surface area contributed by atoms with E-state index in [1.165, 1.54) is 0 Å². The zero-order valence-electron chi connectivity index (χ0n) is 13.0. The minimum Gasteiger partial charge on any atom is -0.335 e. The van der Waals surface area contributed by atoms with Gasteiger partial charge in [-0.15, -0.1) is 0 Å². The number of likely N-dealkylation sites (N-methyl/N-ethyl adjacent to an activating group) is 1. The van der Waals surface area contributed by atoms with Crippen molar-refractivity contribution in [1.82, 2.24) is 19.2 Å². The van der Waals surface area contributed by atoms with Crippen LogP contribution in [0.5, 0.6) is 0 Å². The van der Waals surface area contributed by atoms with Crippen molar-refractivity contribution in [2.75, 3.05) is 32.7 Å². The lowest BCUT2D eigenvalue weighted by Gasteiger charge is -2.34. The van der Waals surface area contributed by atoms with Gasteiger partial charge in [-0.2, -0.15) is 0 Å². The van der Waals surface area contributed by atoms with Crippen LogP contribution in [0.25, 0.3) is 5.65 Å². The number of nitrogens with zero attached hydrogens (tertiary/aromatic N) is 4. The molecule has 1 amide bonds. The fourth-order valence-electron chi connectivity index (χ4n) is 2.94. The second-order valence-electron chi connectivity index (χ2n) is 5.71. The van der Waals surface area contributed by atoms with Crippen LogP contribution in [0.15, 0.2) is 18.3 Å². The number of fused-ring (bicyclic) bond motifs is 1. The monoisotopic (exact) mass is 286 g/mol. The molecule has 0 N–H and O–H groups in total. The van der Waals surface area contributed by atoms with Crippen molar-refractivity contribution in [1.29, 1.82) is 0 Å². The lowest BCUT2D eigenvalue weighted by atomic mass is 10.2. The van der Waals surface area contributed by atoms with Crippen LogP contribution in [-0.2, 0) is 0 Å².